The summed E-state index contributed by atoms with van der Waals surface area (Å²) in [6.45, 7) is 12.6. The molecular formula is C21H28BF2NO5. The van der Waals surface area contributed by atoms with E-state index < -0.39 is 47.2 Å². The van der Waals surface area contributed by atoms with Crippen LogP contribution < -0.4 is 5.32 Å². The van der Waals surface area contributed by atoms with Crippen LogP contribution in [0.2, 0.25) is 0 Å². The molecule has 0 aliphatic carbocycles. The van der Waals surface area contributed by atoms with E-state index in [1.165, 1.54) is 6.08 Å². The van der Waals surface area contributed by atoms with Gasteiger partial charge in [0.05, 0.1) is 16.8 Å². The Morgan fingerprint density at radius 2 is 1.63 bits per heavy atom. The molecule has 1 heterocycles. The van der Waals surface area contributed by atoms with E-state index in [2.05, 4.69) is 5.32 Å². The van der Waals surface area contributed by atoms with Crippen molar-refractivity contribution in [3.63, 3.8) is 0 Å². The quantitative estimate of drug-likeness (QED) is 0.564. The fraction of sp³-hybridized carbons (Fsp3) is 0.524. The fourth-order valence-electron chi connectivity index (χ4n) is 2.70. The van der Waals surface area contributed by atoms with Crippen molar-refractivity contribution in [2.45, 2.75) is 65.3 Å². The van der Waals surface area contributed by atoms with Crippen LogP contribution in [-0.4, -0.2) is 42.8 Å². The van der Waals surface area contributed by atoms with Gasteiger partial charge in [-0.3, -0.25) is 4.79 Å². The van der Waals surface area contributed by atoms with Gasteiger partial charge >= 0.3 is 13.2 Å². The second kappa shape index (κ2) is 8.47. The highest BCUT2D eigenvalue weighted by molar-refractivity contribution is 6.56. The van der Waals surface area contributed by atoms with Crippen molar-refractivity contribution in [1.29, 1.82) is 0 Å². The lowest BCUT2D eigenvalue weighted by molar-refractivity contribution is 0.00578. The van der Waals surface area contributed by atoms with Crippen LogP contribution in [0.4, 0.5) is 13.6 Å². The highest BCUT2D eigenvalue weighted by atomic mass is 19.1. The molecule has 0 atom stereocenters. The van der Waals surface area contributed by atoms with Gasteiger partial charge in [-0.25, -0.2) is 13.6 Å². The Morgan fingerprint density at radius 3 is 2.07 bits per heavy atom. The number of carbonyl (C=O) groups excluding carboxylic acids is 2. The van der Waals surface area contributed by atoms with E-state index in [1.54, 1.807) is 20.8 Å². The van der Waals surface area contributed by atoms with Crippen LogP contribution in [0.5, 0.6) is 0 Å². The van der Waals surface area contributed by atoms with E-state index in [-0.39, 0.29) is 18.4 Å². The highest BCUT2D eigenvalue weighted by Gasteiger charge is 2.52. The molecule has 30 heavy (non-hydrogen) atoms. The molecule has 9 heteroatoms. The number of rotatable bonds is 5. The van der Waals surface area contributed by atoms with Gasteiger partial charge in [0, 0.05) is 6.54 Å². The summed E-state index contributed by atoms with van der Waals surface area (Å²) in [7, 11) is -0.859. The number of nitrogens with one attached hydrogen (secondary N) is 1. The van der Waals surface area contributed by atoms with E-state index in [0.29, 0.717) is 5.47 Å². The Morgan fingerprint density at radius 1 is 1.13 bits per heavy atom. The standard InChI is InChI=1S/C21H28BF2NO5/c1-19(2,3)28-18(27)25-11-14(22-29-20(4,5)21(6,7)30-22)8-13-9-16(23)15(12-26)17(24)10-13/h8-10,12H,11H2,1-7H3,(H,25,27). The van der Waals surface area contributed by atoms with Gasteiger partial charge in [-0.05, 0) is 71.6 Å². The maximum Gasteiger partial charge on any atom is 0.492 e. The zero-order chi connectivity index (χ0) is 22.9. The third-order valence-electron chi connectivity index (χ3n) is 4.96. The largest absolute Gasteiger partial charge is 0.492 e. The lowest BCUT2D eigenvalue weighted by atomic mass is 9.77. The summed E-state index contributed by atoms with van der Waals surface area (Å²) >= 11 is 0. The lowest BCUT2D eigenvalue weighted by Crippen LogP contribution is -2.41. The molecule has 0 spiro atoms. The third-order valence-corrected chi connectivity index (χ3v) is 4.96. The van der Waals surface area contributed by atoms with E-state index in [1.807, 2.05) is 27.7 Å². The fourth-order valence-corrected chi connectivity index (χ4v) is 2.70. The predicted molar refractivity (Wildman–Crippen MR) is 110 cm³/mol. The number of amides is 1. The molecular weight excluding hydrogens is 395 g/mol. The highest BCUT2D eigenvalue weighted by Crippen LogP contribution is 2.38. The normalized spacial score (nSPS) is 18.3. The molecule has 164 valence electrons. The number of aldehydes is 1. The molecule has 1 fully saturated rings. The van der Waals surface area contributed by atoms with Gasteiger partial charge in [-0.15, -0.1) is 0 Å². The van der Waals surface area contributed by atoms with E-state index in [0.717, 1.165) is 12.1 Å². The number of alkyl carbamates (subject to hydrolysis) is 1. The summed E-state index contributed by atoms with van der Waals surface area (Å²) in [5.41, 5.74) is -2.05. The van der Waals surface area contributed by atoms with Gasteiger partial charge < -0.3 is 19.4 Å². The number of benzene rings is 1. The molecule has 1 aliphatic rings. The molecule has 0 aromatic heterocycles. The number of ether oxygens (including phenoxy) is 1. The molecule has 1 aliphatic heterocycles. The molecule has 1 amide bonds. The van der Waals surface area contributed by atoms with Crippen molar-refractivity contribution < 1.29 is 32.4 Å². The molecule has 1 aromatic rings. The second-order valence-electron chi connectivity index (χ2n) is 9.18. The number of carbonyl (C=O) groups is 2. The molecule has 2 rings (SSSR count). The van der Waals surface area contributed by atoms with Crippen molar-refractivity contribution in [2.24, 2.45) is 0 Å². The summed E-state index contributed by atoms with van der Waals surface area (Å²) in [5, 5.41) is 2.61. The monoisotopic (exact) mass is 423 g/mol. The van der Waals surface area contributed by atoms with Gasteiger partial charge in [0.2, 0.25) is 0 Å². The minimum Gasteiger partial charge on any atom is -0.444 e. The number of halogens is 2. The first kappa shape index (κ1) is 24.0. The molecule has 1 aromatic carbocycles. The summed E-state index contributed by atoms with van der Waals surface area (Å²) in [6, 6.07) is 2.07. The van der Waals surface area contributed by atoms with Crippen LogP contribution in [0.3, 0.4) is 0 Å². The van der Waals surface area contributed by atoms with E-state index in [4.69, 9.17) is 14.0 Å². The maximum absolute atomic E-state index is 14.0. The van der Waals surface area contributed by atoms with Crippen molar-refractivity contribution in [3.05, 3.63) is 40.4 Å². The van der Waals surface area contributed by atoms with Gasteiger partial charge in [0.25, 0.3) is 0 Å². The van der Waals surface area contributed by atoms with Crippen molar-refractivity contribution in [1.82, 2.24) is 5.32 Å². The van der Waals surface area contributed by atoms with Crippen LogP contribution in [0.1, 0.15) is 64.4 Å². The molecule has 0 radical (unpaired) electrons. The Labute approximate surface area is 176 Å². The first-order valence-electron chi connectivity index (χ1n) is 9.62. The molecule has 0 saturated carbocycles. The summed E-state index contributed by atoms with van der Waals surface area (Å²) in [4.78, 5) is 22.9. The summed E-state index contributed by atoms with van der Waals surface area (Å²) < 4.78 is 45.3. The zero-order valence-corrected chi connectivity index (χ0v) is 18.4. The lowest BCUT2D eigenvalue weighted by Gasteiger charge is -2.32. The smallest absolute Gasteiger partial charge is 0.444 e. The van der Waals surface area contributed by atoms with E-state index in [9.17, 15) is 18.4 Å². The molecule has 6 nitrogen and oxygen atoms in total. The summed E-state index contributed by atoms with van der Waals surface area (Å²) in [5.74, 6) is -1.96. The first-order chi connectivity index (χ1) is 13.6. The maximum atomic E-state index is 14.0. The van der Waals surface area contributed by atoms with Crippen molar-refractivity contribution in [2.75, 3.05) is 6.54 Å². The Bertz CT molecular complexity index is 822. The number of hydrogen-bond acceptors (Lipinski definition) is 5. The Balaban J connectivity index is 2.36. The Kier molecular flexibility index (Phi) is 6.78. The predicted octanol–water partition coefficient (Wildman–Crippen LogP) is 4.32. The Hall–Kier alpha value is -2.26. The SMILES string of the molecule is CC(C)(C)OC(=O)NCC(=Cc1cc(F)c(C=O)c(F)c1)B1OC(C)(C)C(C)(C)O1. The third kappa shape index (κ3) is 5.67. The minimum atomic E-state index is -0.982. The second-order valence-corrected chi connectivity index (χ2v) is 9.18. The minimum absolute atomic E-state index is 0.0373. The van der Waals surface area contributed by atoms with Crippen LogP contribution in [-0.2, 0) is 14.0 Å². The number of hydrogen-bond donors (Lipinski definition) is 1. The van der Waals surface area contributed by atoms with Crippen LogP contribution in [0.15, 0.2) is 17.6 Å². The van der Waals surface area contributed by atoms with Gasteiger partial charge in [0.15, 0.2) is 6.29 Å². The van der Waals surface area contributed by atoms with Crippen molar-refractivity contribution >= 4 is 25.6 Å². The van der Waals surface area contributed by atoms with Gasteiger partial charge in [-0.2, -0.15) is 0 Å². The average Bonchev–Trinajstić information content (AvgIpc) is 2.77. The van der Waals surface area contributed by atoms with Crippen LogP contribution >= 0.6 is 0 Å². The topological polar surface area (TPSA) is 73.9 Å². The van der Waals surface area contributed by atoms with Crippen LogP contribution in [0.25, 0.3) is 6.08 Å². The molecule has 1 saturated heterocycles. The average molecular weight is 423 g/mol. The first-order valence-corrected chi connectivity index (χ1v) is 9.62. The van der Waals surface area contributed by atoms with Gasteiger partial charge in [-0.1, -0.05) is 6.08 Å². The zero-order valence-electron chi connectivity index (χ0n) is 18.4. The van der Waals surface area contributed by atoms with Crippen LogP contribution in [0, 0.1) is 11.6 Å². The molecule has 0 bridgehead atoms. The molecule has 0 unspecified atom stereocenters. The summed E-state index contributed by atoms with van der Waals surface area (Å²) in [6.07, 6.45) is 0.927. The molecule has 1 N–H and O–H groups in total. The van der Waals surface area contributed by atoms with Gasteiger partial charge in [0.1, 0.15) is 17.2 Å². The van der Waals surface area contributed by atoms with E-state index >= 15 is 0 Å². The van der Waals surface area contributed by atoms with Crippen molar-refractivity contribution in [3.8, 4) is 0 Å².